The Balaban J connectivity index is 1.67. The molecule has 26 heavy (non-hydrogen) atoms. The van der Waals surface area contributed by atoms with Gasteiger partial charge in [-0.05, 0) is 23.6 Å². The predicted molar refractivity (Wildman–Crippen MR) is 98.4 cm³/mol. The van der Waals surface area contributed by atoms with Crippen molar-refractivity contribution in [3.05, 3.63) is 29.8 Å². The number of aliphatic hydroxyl groups excluding tert-OH is 1. The molecule has 0 radical (unpaired) electrons. The zero-order chi connectivity index (χ0) is 19.1. The molecule has 0 aliphatic carbocycles. The van der Waals surface area contributed by atoms with Gasteiger partial charge in [0.1, 0.15) is 17.9 Å². The lowest BCUT2D eigenvalue weighted by Gasteiger charge is -2.35. The van der Waals surface area contributed by atoms with Gasteiger partial charge in [-0.1, -0.05) is 26.0 Å². The Labute approximate surface area is 155 Å². The highest BCUT2D eigenvalue weighted by atomic mass is 32.2. The molecule has 146 valence electrons. The van der Waals surface area contributed by atoms with Gasteiger partial charge < -0.3 is 10.0 Å². The van der Waals surface area contributed by atoms with Crippen molar-refractivity contribution in [2.24, 2.45) is 0 Å². The Morgan fingerprint density at radius 1 is 1.12 bits per heavy atom. The van der Waals surface area contributed by atoms with Gasteiger partial charge in [0.05, 0.1) is 36.8 Å². The van der Waals surface area contributed by atoms with Crippen LogP contribution in [0.5, 0.6) is 0 Å². The van der Waals surface area contributed by atoms with Gasteiger partial charge in [-0.3, -0.25) is 0 Å². The second-order valence-electron chi connectivity index (χ2n) is 7.54. The summed E-state index contributed by atoms with van der Waals surface area (Å²) in [6.07, 6.45) is -0.860. The second-order valence-corrected chi connectivity index (χ2v) is 11.6. The number of hydrogen-bond donors (Lipinski definition) is 2. The summed E-state index contributed by atoms with van der Waals surface area (Å²) in [4.78, 5) is 1.26. The van der Waals surface area contributed by atoms with Gasteiger partial charge >= 0.3 is 0 Å². The van der Waals surface area contributed by atoms with Crippen LogP contribution in [-0.2, 0) is 19.9 Å². The summed E-state index contributed by atoms with van der Waals surface area (Å²) in [5.41, 5.74) is 1.09. The minimum Gasteiger partial charge on any atom is -0.386 e. The van der Waals surface area contributed by atoms with E-state index in [4.69, 9.17) is 0 Å². The number of nitrogens with one attached hydrogen (secondary N) is 1. The van der Waals surface area contributed by atoms with E-state index in [0.717, 1.165) is 10.5 Å². The molecule has 0 aromatic heterocycles. The van der Waals surface area contributed by atoms with E-state index < -0.39 is 26.0 Å². The number of sulfonamides is 1. The molecular weight excluding hydrogens is 376 g/mol. The molecule has 2 aliphatic rings. The van der Waals surface area contributed by atoms with E-state index in [9.17, 15) is 21.9 Å². The molecule has 9 heteroatoms. The quantitative estimate of drug-likeness (QED) is 0.662. The standard InChI is InChI=1S/C17H26N2O5S2/c1-13(2)14-3-5-15(6-4-14)26(23,24)19-9-7-18(8-10-19)16-11-25(21,22)12-17(16)20/h3-6,13,16-17,20H,7-12H2,1-2H3/p+1/t16-,17-/m1/s1. The Kier molecular flexibility index (Phi) is 5.47. The number of rotatable bonds is 4. The Bertz CT molecular complexity index is 842. The van der Waals surface area contributed by atoms with E-state index in [2.05, 4.69) is 13.8 Å². The van der Waals surface area contributed by atoms with E-state index in [-0.39, 0.29) is 22.4 Å². The van der Waals surface area contributed by atoms with Crippen LogP contribution in [0.4, 0.5) is 0 Å². The number of hydrogen-bond acceptors (Lipinski definition) is 5. The molecule has 2 atom stereocenters. The van der Waals surface area contributed by atoms with Gasteiger partial charge in [0.2, 0.25) is 10.0 Å². The minimum atomic E-state index is -3.55. The molecule has 7 nitrogen and oxygen atoms in total. The molecular formula is C17H27N2O5S2+. The highest BCUT2D eigenvalue weighted by molar-refractivity contribution is 7.91. The molecule has 2 N–H and O–H groups in total. The van der Waals surface area contributed by atoms with E-state index in [1.807, 2.05) is 12.1 Å². The highest BCUT2D eigenvalue weighted by Crippen LogP contribution is 2.20. The topological polar surface area (TPSA) is 96.2 Å². The molecule has 2 heterocycles. The van der Waals surface area contributed by atoms with Crippen LogP contribution in [0, 0.1) is 0 Å². The number of benzene rings is 1. The van der Waals surface area contributed by atoms with Crippen LogP contribution >= 0.6 is 0 Å². The van der Waals surface area contributed by atoms with Crippen LogP contribution < -0.4 is 4.90 Å². The molecule has 1 aromatic rings. The zero-order valence-electron chi connectivity index (χ0n) is 15.1. The summed E-state index contributed by atoms with van der Waals surface area (Å²) >= 11 is 0. The van der Waals surface area contributed by atoms with E-state index >= 15 is 0 Å². The van der Waals surface area contributed by atoms with E-state index in [1.165, 1.54) is 4.31 Å². The molecule has 1 aromatic carbocycles. The lowest BCUT2D eigenvalue weighted by atomic mass is 10.0. The molecule has 0 saturated carbocycles. The molecule has 0 amide bonds. The van der Waals surface area contributed by atoms with Crippen molar-refractivity contribution < 1.29 is 26.8 Å². The van der Waals surface area contributed by atoms with Crippen LogP contribution in [0.3, 0.4) is 0 Å². The van der Waals surface area contributed by atoms with Crippen LogP contribution in [-0.4, -0.2) is 76.1 Å². The largest absolute Gasteiger partial charge is 0.386 e. The maximum atomic E-state index is 12.8. The monoisotopic (exact) mass is 403 g/mol. The van der Waals surface area contributed by atoms with Gasteiger partial charge in [-0.2, -0.15) is 4.31 Å². The Morgan fingerprint density at radius 2 is 1.69 bits per heavy atom. The summed E-state index contributed by atoms with van der Waals surface area (Å²) in [5, 5.41) is 10.0. The first kappa shape index (κ1) is 19.8. The normalized spacial score (nSPS) is 27.8. The summed E-state index contributed by atoms with van der Waals surface area (Å²) in [7, 11) is -6.74. The third kappa shape index (κ3) is 3.96. The van der Waals surface area contributed by atoms with Gasteiger partial charge in [-0.15, -0.1) is 0 Å². The van der Waals surface area contributed by atoms with Crippen molar-refractivity contribution in [1.29, 1.82) is 0 Å². The van der Waals surface area contributed by atoms with Crippen molar-refractivity contribution in [1.82, 2.24) is 4.31 Å². The van der Waals surface area contributed by atoms with Gasteiger partial charge in [0.25, 0.3) is 0 Å². The Morgan fingerprint density at radius 3 is 2.15 bits per heavy atom. The molecule has 2 aliphatic heterocycles. The smallest absolute Gasteiger partial charge is 0.243 e. The van der Waals surface area contributed by atoms with Crippen LogP contribution in [0.25, 0.3) is 0 Å². The highest BCUT2D eigenvalue weighted by Gasteiger charge is 2.44. The SMILES string of the molecule is CC(C)c1ccc(S(=O)(=O)N2CC[NH+]([C@@H]3CS(=O)(=O)C[C@H]3O)CC2)cc1. The first-order valence-electron chi connectivity index (χ1n) is 8.93. The summed E-state index contributed by atoms with van der Waals surface area (Å²) in [6, 6.07) is 6.64. The Hall–Kier alpha value is -1.00. The molecule has 2 fully saturated rings. The molecule has 0 unspecified atom stereocenters. The molecule has 0 bridgehead atoms. The zero-order valence-corrected chi connectivity index (χ0v) is 16.8. The van der Waals surface area contributed by atoms with Crippen LogP contribution in [0.15, 0.2) is 29.2 Å². The lowest BCUT2D eigenvalue weighted by Crippen LogP contribution is -3.19. The fourth-order valence-corrected chi connectivity index (χ4v) is 7.11. The van der Waals surface area contributed by atoms with Crippen molar-refractivity contribution in [3.8, 4) is 0 Å². The summed E-state index contributed by atoms with van der Waals surface area (Å²) in [6.45, 7) is 5.77. The fraction of sp³-hybridized carbons (Fsp3) is 0.647. The lowest BCUT2D eigenvalue weighted by molar-refractivity contribution is -0.928. The number of nitrogens with zero attached hydrogens (tertiary/aromatic N) is 1. The van der Waals surface area contributed by atoms with Crippen LogP contribution in [0.1, 0.15) is 25.3 Å². The fourth-order valence-electron chi connectivity index (χ4n) is 3.78. The van der Waals surface area contributed by atoms with Crippen molar-refractivity contribution >= 4 is 19.9 Å². The third-order valence-electron chi connectivity index (χ3n) is 5.40. The number of piperazine rings is 1. The number of quaternary nitrogens is 1. The van der Waals surface area contributed by atoms with Gasteiger partial charge in [0, 0.05) is 0 Å². The van der Waals surface area contributed by atoms with Crippen molar-refractivity contribution in [2.75, 3.05) is 37.7 Å². The first-order valence-corrected chi connectivity index (χ1v) is 12.2. The minimum absolute atomic E-state index is 0.0209. The molecule has 3 rings (SSSR count). The maximum Gasteiger partial charge on any atom is 0.243 e. The second kappa shape index (κ2) is 7.20. The average Bonchev–Trinajstić information content (AvgIpc) is 2.87. The van der Waals surface area contributed by atoms with E-state index in [1.54, 1.807) is 12.1 Å². The average molecular weight is 404 g/mol. The van der Waals surface area contributed by atoms with E-state index in [0.29, 0.717) is 32.1 Å². The first-order chi connectivity index (χ1) is 12.1. The number of aliphatic hydroxyl groups is 1. The molecule has 0 spiro atoms. The van der Waals surface area contributed by atoms with Crippen LogP contribution in [0.2, 0.25) is 0 Å². The molecule has 2 saturated heterocycles. The van der Waals surface area contributed by atoms with Gasteiger partial charge in [-0.25, -0.2) is 16.8 Å². The van der Waals surface area contributed by atoms with Gasteiger partial charge in [0.15, 0.2) is 9.84 Å². The third-order valence-corrected chi connectivity index (χ3v) is 9.03. The number of sulfone groups is 1. The summed E-state index contributed by atoms with van der Waals surface area (Å²) in [5.74, 6) is 0.131. The van der Waals surface area contributed by atoms with Crippen molar-refractivity contribution in [3.63, 3.8) is 0 Å². The maximum absolute atomic E-state index is 12.8. The van der Waals surface area contributed by atoms with Crippen molar-refractivity contribution in [2.45, 2.75) is 36.8 Å². The predicted octanol–water partition coefficient (Wildman–Crippen LogP) is -1.14. The summed E-state index contributed by atoms with van der Waals surface area (Å²) < 4.78 is 50.5.